The average molecular weight is 322 g/mol. The summed E-state index contributed by atoms with van der Waals surface area (Å²) in [4.78, 5) is 29.7. The minimum atomic E-state index is -0.422. The maximum absolute atomic E-state index is 12.7. The third kappa shape index (κ3) is 3.33. The van der Waals surface area contributed by atoms with Crippen LogP contribution in [0.15, 0.2) is 17.5 Å². The standard InChI is InChI=1S/C16H22N2O3S/c19-12-4-1-7-17(11-12)16(21)14-6-2-8-18(14)15(20)10-13-5-3-9-22-13/h3,5,9,12,14,19H,1-2,4,6-8,10-11H2. The molecule has 3 rings (SSSR count). The van der Waals surface area contributed by atoms with Gasteiger partial charge in [0, 0.05) is 24.5 Å². The number of thiophene rings is 1. The van der Waals surface area contributed by atoms with Gasteiger partial charge in [-0.05, 0) is 37.1 Å². The van der Waals surface area contributed by atoms with Crippen LogP contribution in [0.5, 0.6) is 0 Å². The molecule has 2 amide bonds. The van der Waals surface area contributed by atoms with E-state index in [4.69, 9.17) is 0 Å². The van der Waals surface area contributed by atoms with Gasteiger partial charge in [-0.15, -0.1) is 11.3 Å². The normalized spacial score (nSPS) is 25.5. The van der Waals surface area contributed by atoms with Gasteiger partial charge in [0.15, 0.2) is 0 Å². The summed E-state index contributed by atoms with van der Waals surface area (Å²) in [6.45, 7) is 1.76. The molecule has 0 spiro atoms. The first-order valence-electron chi connectivity index (χ1n) is 7.94. The Labute approximate surface area is 134 Å². The highest BCUT2D eigenvalue weighted by molar-refractivity contribution is 7.10. The molecular formula is C16H22N2O3S. The molecule has 2 saturated heterocycles. The van der Waals surface area contributed by atoms with E-state index in [1.807, 2.05) is 17.5 Å². The number of nitrogens with zero attached hydrogens (tertiary/aromatic N) is 2. The lowest BCUT2D eigenvalue weighted by Gasteiger charge is -2.34. The fraction of sp³-hybridized carbons (Fsp3) is 0.625. The largest absolute Gasteiger partial charge is 0.391 e. The molecule has 1 aromatic heterocycles. The van der Waals surface area contributed by atoms with E-state index in [9.17, 15) is 14.7 Å². The van der Waals surface area contributed by atoms with Crippen molar-refractivity contribution in [2.45, 2.75) is 44.2 Å². The van der Waals surface area contributed by atoms with Crippen LogP contribution < -0.4 is 0 Å². The second-order valence-corrected chi connectivity index (χ2v) is 7.11. The minimum Gasteiger partial charge on any atom is -0.391 e. The third-order valence-corrected chi connectivity index (χ3v) is 5.35. The summed E-state index contributed by atoms with van der Waals surface area (Å²) in [6, 6.07) is 3.56. The van der Waals surface area contributed by atoms with Gasteiger partial charge in [-0.25, -0.2) is 0 Å². The summed E-state index contributed by atoms with van der Waals surface area (Å²) < 4.78 is 0. The van der Waals surface area contributed by atoms with Crippen LogP contribution in [0.2, 0.25) is 0 Å². The molecule has 1 aromatic rings. The molecule has 2 atom stereocenters. The average Bonchev–Trinajstić information content (AvgIpc) is 3.17. The molecule has 2 fully saturated rings. The Morgan fingerprint density at radius 2 is 2.09 bits per heavy atom. The van der Waals surface area contributed by atoms with Crippen molar-refractivity contribution in [2.75, 3.05) is 19.6 Å². The number of likely N-dealkylation sites (tertiary alicyclic amines) is 2. The number of amides is 2. The van der Waals surface area contributed by atoms with Gasteiger partial charge in [-0.1, -0.05) is 6.07 Å². The maximum atomic E-state index is 12.7. The SMILES string of the molecule is O=C(C1CCCN1C(=O)Cc1cccs1)N1CCCC(O)C1. The highest BCUT2D eigenvalue weighted by Crippen LogP contribution is 2.23. The number of piperidine rings is 1. The van der Waals surface area contributed by atoms with Gasteiger partial charge >= 0.3 is 0 Å². The fourth-order valence-electron chi connectivity index (χ4n) is 3.35. The summed E-state index contributed by atoms with van der Waals surface area (Å²) in [6.07, 6.45) is 3.17. The zero-order chi connectivity index (χ0) is 15.5. The number of hydrogen-bond donors (Lipinski definition) is 1. The van der Waals surface area contributed by atoms with Crippen LogP contribution in [0.3, 0.4) is 0 Å². The molecule has 0 aliphatic carbocycles. The first kappa shape index (κ1) is 15.5. The fourth-order valence-corrected chi connectivity index (χ4v) is 4.05. The minimum absolute atomic E-state index is 0.00998. The number of aliphatic hydroxyl groups excluding tert-OH is 1. The predicted octanol–water partition coefficient (Wildman–Crippen LogP) is 1.26. The van der Waals surface area contributed by atoms with Crippen LogP contribution in [0, 0.1) is 0 Å². The Kier molecular flexibility index (Phi) is 4.78. The molecule has 2 aliphatic heterocycles. The quantitative estimate of drug-likeness (QED) is 0.911. The van der Waals surface area contributed by atoms with E-state index in [0.29, 0.717) is 26.1 Å². The highest BCUT2D eigenvalue weighted by Gasteiger charge is 2.37. The van der Waals surface area contributed by atoms with Gasteiger partial charge in [-0.3, -0.25) is 9.59 Å². The summed E-state index contributed by atoms with van der Waals surface area (Å²) in [7, 11) is 0. The Hall–Kier alpha value is -1.40. The smallest absolute Gasteiger partial charge is 0.245 e. The molecule has 2 aliphatic rings. The summed E-state index contributed by atoms with van der Waals surface area (Å²) >= 11 is 1.57. The molecule has 6 heteroatoms. The molecule has 0 bridgehead atoms. The van der Waals surface area contributed by atoms with Crippen LogP contribution >= 0.6 is 11.3 Å². The lowest BCUT2D eigenvalue weighted by atomic mass is 10.1. The molecule has 120 valence electrons. The number of hydrogen-bond acceptors (Lipinski definition) is 4. The monoisotopic (exact) mass is 322 g/mol. The van der Waals surface area contributed by atoms with Crippen LogP contribution in [-0.2, 0) is 16.0 Å². The number of carbonyl (C=O) groups excluding carboxylic acids is 2. The molecule has 0 saturated carbocycles. The Morgan fingerprint density at radius 3 is 2.82 bits per heavy atom. The zero-order valence-electron chi connectivity index (χ0n) is 12.6. The van der Waals surface area contributed by atoms with Crippen LogP contribution in [0.4, 0.5) is 0 Å². The number of carbonyl (C=O) groups is 2. The van der Waals surface area contributed by atoms with Crippen molar-refractivity contribution >= 4 is 23.2 Å². The summed E-state index contributed by atoms with van der Waals surface area (Å²) in [5, 5.41) is 11.7. The lowest BCUT2D eigenvalue weighted by molar-refractivity contribution is -0.145. The van der Waals surface area contributed by atoms with E-state index >= 15 is 0 Å². The molecule has 1 N–H and O–H groups in total. The van der Waals surface area contributed by atoms with Crippen molar-refractivity contribution in [3.63, 3.8) is 0 Å². The Bertz CT molecular complexity index is 532. The predicted molar refractivity (Wildman–Crippen MR) is 84.6 cm³/mol. The van der Waals surface area contributed by atoms with Gasteiger partial charge in [0.25, 0.3) is 0 Å². The number of rotatable bonds is 3. The van der Waals surface area contributed by atoms with E-state index in [1.165, 1.54) is 0 Å². The zero-order valence-corrected chi connectivity index (χ0v) is 13.4. The van der Waals surface area contributed by atoms with Crippen molar-refractivity contribution in [1.29, 1.82) is 0 Å². The van der Waals surface area contributed by atoms with E-state index in [1.54, 1.807) is 21.1 Å². The maximum Gasteiger partial charge on any atom is 0.245 e. The number of β-amino-alcohol motifs (C(OH)–C–C–N with tert-alkyl or cyclic N) is 1. The van der Waals surface area contributed by atoms with Crippen molar-refractivity contribution in [3.05, 3.63) is 22.4 Å². The second-order valence-electron chi connectivity index (χ2n) is 6.08. The van der Waals surface area contributed by atoms with Gasteiger partial charge in [0.05, 0.1) is 12.5 Å². The van der Waals surface area contributed by atoms with E-state index in [2.05, 4.69) is 0 Å². The highest BCUT2D eigenvalue weighted by atomic mass is 32.1. The van der Waals surface area contributed by atoms with E-state index < -0.39 is 6.10 Å². The van der Waals surface area contributed by atoms with Crippen LogP contribution in [0.25, 0.3) is 0 Å². The van der Waals surface area contributed by atoms with Crippen molar-refractivity contribution in [2.24, 2.45) is 0 Å². The van der Waals surface area contributed by atoms with Crippen LogP contribution in [-0.4, -0.2) is 58.5 Å². The van der Waals surface area contributed by atoms with Gasteiger partial charge in [0.1, 0.15) is 6.04 Å². The summed E-state index contributed by atoms with van der Waals surface area (Å²) in [5.41, 5.74) is 0. The first-order valence-corrected chi connectivity index (χ1v) is 8.82. The molecule has 3 heterocycles. The van der Waals surface area contributed by atoms with Crippen molar-refractivity contribution < 1.29 is 14.7 Å². The summed E-state index contributed by atoms with van der Waals surface area (Å²) in [5.74, 6) is 0.0478. The molecule has 22 heavy (non-hydrogen) atoms. The molecule has 5 nitrogen and oxygen atoms in total. The molecule has 2 unspecified atom stereocenters. The van der Waals surface area contributed by atoms with Crippen molar-refractivity contribution in [3.8, 4) is 0 Å². The van der Waals surface area contributed by atoms with Gasteiger partial charge < -0.3 is 14.9 Å². The van der Waals surface area contributed by atoms with Crippen molar-refractivity contribution in [1.82, 2.24) is 9.80 Å². The molecule has 0 aromatic carbocycles. The van der Waals surface area contributed by atoms with E-state index in [0.717, 1.165) is 30.6 Å². The van der Waals surface area contributed by atoms with Gasteiger partial charge in [-0.2, -0.15) is 0 Å². The van der Waals surface area contributed by atoms with Crippen LogP contribution in [0.1, 0.15) is 30.6 Å². The number of aliphatic hydroxyl groups is 1. The Balaban J connectivity index is 1.64. The topological polar surface area (TPSA) is 60.9 Å². The Morgan fingerprint density at radius 1 is 1.27 bits per heavy atom. The molecular weight excluding hydrogens is 300 g/mol. The first-order chi connectivity index (χ1) is 10.6. The molecule has 0 radical (unpaired) electrons. The van der Waals surface area contributed by atoms with E-state index in [-0.39, 0.29) is 17.9 Å². The second kappa shape index (κ2) is 6.79. The van der Waals surface area contributed by atoms with Gasteiger partial charge in [0.2, 0.25) is 11.8 Å². The third-order valence-electron chi connectivity index (χ3n) is 4.47. The lowest BCUT2D eigenvalue weighted by Crippen LogP contribution is -2.51.